The smallest absolute Gasteiger partial charge is 0.337 e. The maximum atomic E-state index is 10.7. The Kier molecular flexibility index (Phi) is 2.59. The van der Waals surface area contributed by atoms with Gasteiger partial charge in [-0.15, -0.1) is 0 Å². The van der Waals surface area contributed by atoms with E-state index < -0.39 is 5.97 Å². The van der Waals surface area contributed by atoms with Crippen LogP contribution in [-0.4, -0.2) is 20.8 Å². The summed E-state index contributed by atoms with van der Waals surface area (Å²) >= 11 is 3.27. The fraction of sp³-hybridized carbons (Fsp3) is 0.111. The number of rotatable bonds is 3. The molecule has 0 aromatic carbocycles. The molecule has 6 heteroatoms. The van der Waals surface area contributed by atoms with Gasteiger partial charge in [0.05, 0.1) is 22.9 Å². The van der Waals surface area contributed by atoms with E-state index in [2.05, 4.69) is 21.1 Å². The maximum absolute atomic E-state index is 10.7. The zero-order valence-electron chi connectivity index (χ0n) is 7.55. The number of halogens is 1. The van der Waals surface area contributed by atoms with Crippen molar-refractivity contribution in [1.29, 1.82) is 0 Å². The van der Waals surface area contributed by atoms with Crippen LogP contribution < -0.4 is 0 Å². The fourth-order valence-electron chi connectivity index (χ4n) is 1.21. The van der Waals surface area contributed by atoms with Gasteiger partial charge in [-0.25, -0.2) is 4.79 Å². The molecule has 0 fully saturated rings. The zero-order chi connectivity index (χ0) is 10.8. The highest BCUT2D eigenvalue weighted by molar-refractivity contribution is 9.10. The molecule has 0 bridgehead atoms. The van der Waals surface area contributed by atoms with Crippen LogP contribution in [0, 0.1) is 0 Å². The third-order valence-electron chi connectivity index (χ3n) is 1.91. The minimum atomic E-state index is -0.952. The van der Waals surface area contributed by atoms with Crippen molar-refractivity contribution < 1.29 is 14.4 Å². The zero-order valence-corrected chi connectivity index (χ0v) is 9.14. The minimum absolute atomic E-state index is 0.237. The lowest BCUT2D eigenvalue weighted by atomic mass is 10.3. The summed E-state index contributed by atoms with van der Waals surface area (Å²) < 4.78 is 7.34. The summed E-state index contributed by atoms with van der Waals surface area (Å²) in [4.78, 5) is 10.7. The van der Waals surface area contributed by atoms with Gasteiger partial charge in [0.15, 0.2) is 5.76 Å². The van der Waals surface area contributed by atoms with E-state index in [0.29, 0.717) is 16.9 Å². The largest absolute Gasteiger partial charge is 0.478 e. The second-order valence-corrected chi connectivity index (χ2v) is 3.78. The molecule has 0 spiro atoms. The standard InChI is InChI=1S/C9H7BrN2O3/c10-8-3-6(9(13)14)4-12(8)5-7-1-2-11-15-7/h1-4H,5H2,(H,13,14). The average Bonchev–Trinajstić information content (AvgIpc) is 2.77. The number of carbonyl (C=O) groups is 1. The first-order valence-electron chi connectivity index (χ1n) is 4.15. The Morgan fingerprint density at radius 2 is 2.47 bits per heavy atom. The van der Waals surface area contributed by atoms with E-state index >= 15 is 0 Å². The number of aromatic nitrogens is 2. The second kappa shape index (κ2) is 3.90. The monoisotopic (exact) mass is 270 g/mol. The summed E-state index contributed by atoms with van der Waals surface area (Å²) in [6, 6.07) is 3.27. The van der Waals surface area contributed by atoms with Crippen LogP contribution in [0.1, 0.15) is 16.1 Å². The van der Waals surface area contributed by atoms with Crippen LogP contribution in [0.4, 0.5) is 0 Å². The van der Waals surface area contributed by atoms with Crippen LogP contribution in [0.2, 0.25) is 0 Å². The van der Waals surface area contributed by atoms with Crippen molar-refractivity contribution in [2.75, 3.05) is 0 Å². The Labute approximate surface area is 93.4 Å². The van der Waals surface area contributed by atoms with Crippen molar-refractivity contribution in [2.45, 2.75) is 6.54 Å². The number of aromatic carboxylic acids is 1. The molecule has 2 rings (SSSR count). The molecule has 0 radical (unpaired) electrons. The Morgan fingerprint density at radius 3 is 3.00 bits per heavy atom. The number of carboxylic acids is 1. The predicted molar refractivity (Wildman–Crippen MR) is 54.7 cm³/mol. The van der Waals surface area contributed by atoms with Crippen LogP contribution in [0.25, 0.3) is 0 Å². The number of carboxylic acid groups (broad SMARTS) is 1. The summed E-state index contributed by atoms with van der Waals surface area (Å²) in [6.07, 6.45) is 3.08. The first kappa shape index (κ1) is 9.97. The van der Waals surface area contributed by atoms with Gasteiger partial charge in [0, 0.05) is 12.3 Å². The van der Waals surface area contributed by atoms with Gasteiger partial charge in [-0.1, -0.05) is 5.16 Å². The molecule has 15 heavy (non-hydrogen) atoms. The van der Waals surface area contributed by atoms with Crippen molar-refractivity contribution in [2.24, 2.45) is 0 Å². The van der Waals surface area contributed by atoms with E-state index in [1.807, 2.05) is 0 Å². The molecule has 0 saturated heterocycles. The molecule has 0 amide bonds. The molecule has 2 heterocycles. The van der Waals surface area contributed by atoms with Gasteiger partial charge < -0.3 is 14.2 Å². The van der Waals surface area contributed by atoms with Crippen molar-refractivity contribution in [3.05, 3.63) is 40.5 Å². The van der Waals surface area contributed by atoms with Gasteiger partial charge in [0.25, 0.3) is 0 Å². The molecular formula is C9H7BrN2O3. The highest BCUT2D eigenvalue weighted by Gasteiger charge is 2.10. The van der Waals surface area contributed by atoms with E-state index in [1.165, 1.54) is 6.20 Å². The van der Waals surface area contributed by atoms with Gasteiger partial charge in [0.1, 0.15) is 0 Å². The van der Waals surface area contributed by atoms with Gasteiger partial charge in [-0.05, 0) is 22.0 Å². The van der Waals surface area contributed by atoms with Crippen molar-refractivity contribution in [1.82, 2.24) is 9.72 Å². The van der Waals surface area contributed by atoms with Gasteiger partial charge >= 0.3 is 5.97 Å². The van der Waals surface area contributed by atoms with E-state index in [9.17, 15) is 4.79 Å². The van der Waals surface area contributed by atoms with Crippen LogP contribution in [0.3, 0.4) is 0 Å². The molecule has 0 aliphatic carbocycles. The average molecular weight is 271 g/mol. The summed E-state index contributed by atoms with van der Waals surface area (Å²) in [5, 5.41) is 12.3. The quantitative estimate of drug-likeness (QED) is 0.926. The molecule has 1 N–H and O–H groups in total. The number of hydrogen-bond acceptors (Lipinski definition) is 3. The van der Waals surface area contributed by atoms with Crippen molar-refractivity contribution in [3.63, 3.8) is 0 Å². The van der Waals surface area contributed by atoms with Gasteiger partial charge in [-0.2, -0.15) is 0 Å². The topological polar surface area (TPSA) is 68.3 Å². The maximum Gasteiger partial charge on any atom is 0.337 e. The van der Waals surface area contributed by atoms with Crippen molar-refractivity contribution >= 4 is 21.9 Å². The summed E-state index contributed by atoms with van der Waals surface area (Å²) in [6.45, 7) is 0.452. The van der Waals surface area contributed by atoms with Crippen LogP contribution in [-0.2, 0) is 6.54 Å². The predicted octanol–water partition coefficient (Wildman–Crippen LogP) is 1.99. The number of nitrogens with zero attached hydrogens (tertiary/aromatic N) is 2. The van der Waals surface area contributed by atoms with E-state index in [1.54, 1.807) is 22.9 Å². The Bertz CT molecular complexity index is 476. The molecule has 0 aliphatic heterocycles. The highest BCUT2D eigenvalue weighted by Crippen LogP contribution is 2.17. The van der Waals surface area contributed by atoms with E-state index in [-0.39, 0.29) is 5.56 Å². The molecule has 78 valence electrons. The first-order chi connectivity index (χ1) is 7.16. The third-order valence-corrected chi connectivity index (χ3v) is 2.59. The Morgan fingerprint density at radius 1 is 1.67 bits per heavy atom. The molecule has 0 unspecified atom stereocenters. The SMILES string of the molecule is O=C(O)c1cc(Br)n(Cc2ccno2)c1. The van der Waals surface area contributed by atoms with Crippen LogP contribution >= 0.6 is 15.9 Å². The van der Waals surface area contributed by atoms with Gasteiger partial charge in [0.2, 0.25) is 0 Å². The molecule has 0 saturated carbocycles. The summed E-state index contributed by atoms with van der Waals surface area (Å²) in [7, 11) is 0. The summed E-state index contributed by atoms with van der Waals surface area (Å²) in [5.74, 6) is -0.282. The van der Waals surface area contributed by atoms with Crippen molar-refractivity contribution in [3.8, 4) is 0 Å². The Hall–Kier alpha value is -1.56. The van der Waals surface area contributed by atoms with E-state index in [0.717, 1.165) is 0 Å². The molecular weight excluding hydrogens is 264 g/mol. The lowest BCUT2D eigenvalue weighted by molar-refractivity contribution is 0.0697. The first-order valence-corrected chi connectivity index (χ1v) is 4.94. The molecule has 2 aromatic heterocycles. The normalized spacial score (nSPS) is 10.5. The van der Waals surface area contributed by atoms with Crippen LogP contribution in [0.5, 0.6) is 0 Å². The lowest BCUT2D eigenvalue weighted by Crippen LogP contribution is -1.98. The minimum Gasteiger partial charge on any atom is -0.478 e. The molecule has 5 nitrogen and oxygen atoms in total. The fourth-order valence-corrected chi connectivity index (χ4v) is 1.68. The highest BCUT2D eigenvalue weighted by atomic mass is 79.9. The van der Waals surface area contributed by atoms with E-state index in [4.69, 9.17) is 9.63 Å². The van der Waals surface area contributed by atoms with Crippen LogP contribution in [0.15, 0.2) is 33.7 Å². The summed E-state index contributed by atoms with van der Waals surface area (Å²) in [5.41, 5.74) is 0.237. The Balaban J connectivity index is 2.25. The second-order valence-electron chi connectivity index (χ2n) is 2.96. The molecule has 2 aromatic rings. The number of hydrogen-bond donors (Lipinski definition) is 1. The third kappa shape index (κ3) is 2.10. The lowest BCUT2D eigenvalue weighted by Gasteiger charge is -1.99. The van der Waals surface area contributed by atoms with Gasteiger partial charge in [-0.3, -0.25) is 0 Å². The molecule has 0 aliphatic rings. The molecule has 0 atom stereocenters.